The molecule has 3 heterocycles. The minimum absolute atomic E-state index is 0.00692. The quantitative estimate of drug-likeness (QED) is 0.578. The molecule has 2 aromatic rings. The van der Waals surface area contributed by atoms with Crippen LogP contribution in [0, 0.1) is 0 Å². The van der Waals surface area contributed by atoms with Gasteiger partial charge >= 0.3 is 5.97 Å². The molecule has 0 radical (unpaired) electrons. The van der Waals surface area contributed by atoms with Crippen LogP contribution in [0.1, 0.15) is 27.8 Å². The van der Waals surface area contributed by atoms with Gasteiger partial charge < -0.3 is 9.64 Å². The van der Waals surface area contributed by atoms with Crippen molar-refractivity contribution in [2.75, 3.05) is 36.6 Å². The molecule has 1 fully saturated rings. The van der Waals surface area contributed by atoms with Crippen LogP contribution in [-0.4, -0.2) is 61.3 Å². The van der Waals surface area contributed by atoms with Gasteiger partial charge in [0, 0.05) is 13.1 Å². The highest BCUT2D eigenvalue weighted by Crippen LogP contribution is 2.32. The lowest BCUT2D eigenvalue weighted by Crippen LogP contribution is -2.41. The Labute approximate surface area is 149 Å². The van der Waals surface area contributed by atoms with E-state index in [0.29, 0.717) is 16.9 Å². The molecule has 0 aromatic carbocycles. The molecule has 1 saturated heterocycles. The Morgan fingerprint density at radius 2 is 1.92 bits per heavy atom. The van der Waals surface area contributed by atoms with E-state index >= 15 is 0 Å². The molecule has 2 aromatic heterocycles. The second-order valence-corrected chi connectivity index (χ2v) is 8.44. The molecule has 0 saturated carbocycles. The van der Waals surface area contributed by atoms with Gasteiger partial charge in [0.1, 0.15) is 17.7 Å². The lowest BCUT2D eigenvalue weighted by molar-refractivity contribution is 0.0597. The molecule has 0 bridgehead atoms. The van der Waals surface area contributed by atoms with Crippen molar-refractivity contribution in [3.8, 4) is 0 Å². The highest BCUT2D eigenvalue weighted by Gasteiger charge is 2.28. The van der Waals surface area contributed by atoms with Gasteiger partial charge in [-0.3, -0.25) is 9.20 Å². The molecule has 0 amide bonds. The van der Waals surface area contributed by atoms with Gasteiger partial charge in [-0.2, -0.15) is 0 Å². The minimum Gasteiger partial charge on any atom is -0.464 e. The predicted octanol–water partition coefficient (Wildman–Crippen LogP) is 1.21. The lowest BCUT2D eigenvalue weighted by atomic mass is 10.1. The van der Waals surface area contributed by atoms with Crippen LogP contribution in [0.25, 0.3) is 5.52 Å². The Kier molecular flexibility index (Phi) is 4.46. The topological polar surface area (TPSA) is 98.0 Å². The number of hydrogen-bond acceptors (Lipinski definition) is 7. The average molecular weight is 386 g/mol. The summed E-state index contributed by atoms with van der Waals surface area (Å²) >= 11 is 6.27. The van der Waals surface area contributed by atoms with Gasteiger partial charge in [-0.15, -0.1) is 0 Å². The van der Waals surface area contributed by atoms with Crippen LogP contribution >= 0.6 is 11.6 Å². The molecule has 8 nitrogen and oxygen atoms in total. The second-order valence-electron chi connectivity index (χ2n) is 5.73. The summed E-state index contributed by atoms with van der Waals surface area (Å²) in [6.45, 7) is 1.88. The number of carbonyl (C=O) groups excluding carboxylic acids is 2. The highest BCUT2D eigenvalue weighted by atomic mass is 35.5. The molecule has 0 atom stereocenters. The molecule has 0 unspecified atom stereocenters. The van der Waals surface area contributed by atoms with E-state index in [1.807, 2.05) is 0 Å². The standard InChI is InChI=1S/C15H16ClN3O5S/c1-9(20)10-7-11(16)13-12(15(21)24-2)17-8-19(13)14(10)18-3-5-25(22,23)6-4-18/h7-8H,3-6H2,1-2H3. The number of rotatable bonds is 3. The van der Waals surface area contributed by atoms with Crippen molar-refractivity contribution in [1.29, 1.82) is 0 Å². The fourth-order valence-electron chi connectivity index (χ4n) is 2.88. The molecule has 1 aliphatic rings. The van der Waals surface area contributed by atoms with Gasteiger partial charge in [-0.1, -0.05) is 11.6 Å². The van der Waals surface area contributed by atoms with E-state index in [9.17, 15) is 18.0 Å². The first-order chi connectivity index (χ1) is 11.7. The number of nitrogens with zero attached hydrogens (tertiary/aromatic N) is 3. The van der Waals surface area contributed by atoms with Crippen LogP contribution in [0.5, 0.6) is 0 Å². The van der Waals surface area contributed by atoms with Crippen LogP contribution < -0.4 is 4.90 Å². The number of fused-ring (bicyclic) bond motifs is 1. The van der Waals surface area contributed by atoms with Crippen LogP contribution in [0.2, 0.25) is 5.02 Å². The number of ketones is 1. The van der Waals surface area contributed by atoms with Gasteiger partial charge in [0.15, 0.2) is 21.3 Å². The summed E-state index contributed by atoms with van der Waals surface area (Å²) in [4.78, 5) is 29.9. The first-order valence-electron chi connectivity index (χ1n) is 7.49. The SMILES string of the molecule is COC(=O)c1ncn2c(N3CCS(=O)(=O)CC3)c(C(C)=O)cc(Cl)c12. The number of aromatic nitrogens is 2. The Morgan fingerprint density at radius 3 is 2.48 bits per heavy atom. The maximum atomic E-state index is 12.1. The molecule has 0 aliphatic carbocycles. The highest BCUT2D eigenvalue weighted by molar-refractivity contribution is 7.91. The smallest absolute Gasteiger partial charge is 0.358 e. The van der Waals surface area contributed by atoms with Gasteiger partial charge in [-0.25, -0.2) is 18.2 Å². The van der Waals surface area contributed by atoms with Gasteiger partial charge in [0.05, 0.1) is 29.2 Å². The van der Waals surface area contributed by atoms with Crippen molar-refractivity contribution in [3.05, 3.63) is 28.7 Å². The van der Waals surface area contributed by atoms with E-state index < -0.39 is 15.8 Å². The summed E-state index contributed by atoms with van der Waals surface area (Å²) in [5.41, 5.74) is 0.695. The van der Waals surface area contributed by atoms with Crippen molar-refractivity contribution in [2.45, 2.75) is 6.92 Å². The summed E-state index contributed by atoms with van der Waals surface area (Å²) in [6.07, 6.45) is 1.39. The Balaban J connectivity index is 2.23. The number of esters is 1. The van der Waals surface area contributed by atoms with Crippen LogP contribution in [0.15, 0.2) is 12.4 Å². The first kappa shape index (κ1) is 17.7. The first-order valence-corrected chi connectivity index (χ1v) is 9.69. The normalized spacial score (nSPS) is 16.8. The summed E-state index contributed by atoms with van der Waals surface area (Å²) in [7, 11) is -1.84. The van der Waals surface area contributed by atoms with Crippen molar-refractivity contribution < 1.29 is 22.7 Å². The third-order valence-corrected chi connectivity index (χ3v) is 6.03. The van der Waals surface area contributed by atoms with E-state index in [0.717, 1.165) is 0 Å². The lowest BCUT2D eigenvalue weighted by Gasteiger charge is -2.30. The summed E-state index contributed by atoms with van der Waals surface area (Å²) in [5, 5.41) is 0.191. The Hall–Kier alpha value is -2.13. The molecule has 10 heteroatoms. The molecule has 134 valence electrons. The maximum Gasteiger partial charge on any atom is 0.358 e. The summed E-state index contributed by atoms with van der Waals surface area (Å²) < 4.78 is 29.7. The van der Waals surface area contributed by atoms with Crippen molar-refractivity contribution in [1.82, 2.24) is 9.38 Å². The fraction of sp³-hybridized carbons (Fsp3) is 0.400. The van der Waals surface area contributed by atoms with Crippen LogP contribution in [0.4, 0.5) is 5.82 Å². The van der Waals surface area contributed by atoms with Crippen LogP contribution in [0.3, 0.4) is 0 Å². The zero-order chi connectivity index (χ0) is 18.4. The molecule has 0 N–H and O–H groups in total. The number of carbonyl (C=O) groups is 2. The molecule has 25 heavy (non-hydrogen) atoms. The molecule has 1 aliphatic heterocycles. The number of imidazole rings is 1. The monoisotopic (exact) mass is 385 g/mol. The van der Waals surface area contributed by atoms with E-state index in [2.05, 4.69) is 4.98 Å². The maximum absolute atomic E-state index is 12.1. The number of anilines is 1. The van der Waals surface area contributed by atoms with Crippen molar-refractivity contribution >= 4 is 44.5 Å². The molecular formula is C15H16ClN3O5S. The van der Waals surface area contributed by atoms with Gasteiger partial charge in [0.2, 0.25) is 0 Å². The molecule has 0 spiro atoms. The predicted molar refractivity (Wildman–Crippen MR) is 92.4 cm³/mol. The number of Topliss-reactive ketones (excluding diaryl/α,β-unsaturated/α-hetero) is 1. The Morgan fingerprint density at radius 1 is 1.28 bits per heavy atom. The van der Waals surface area contributed by atoms with Crippen LogP contribution in [-0.2, 0) is 14.6 Å². The van der Waals surface area contributed by atoms with E-state index in [1.165, 1.54) is 26.4 Å². The number of halogens is 1. The van der Waals surface area contributed by atoms with E-state index in [-0.39, 0.29) is 41.1 Å². The molecule has 3 rings (SSSR count). The Bertz CT molecular complexity index is 969. The minimum atomic E-state index is -3.08. The number of hydrogen-bond donors (Lipinski definition) is 0. The fourth-order valence-corrected chi connectivity index (χ4v) is 4.37. The third kappa shape index (κ3) is 3.09. The zero-order valence-corrected chi connectivity index (χ0v) is 15.2. The van der Waals surface area contributed by atoms with Crippen molar-refractivity contribution in [2.24, 2.45) is 0 Å². The summed E-state index contributed by atoms with van der Waals surface area (Å²) in [6, 6.07) is 1.48. The average Bonchev–Trinajstić information content (AvgIpc) is 3.00. The summed E-state index contributed by atoms with van der Waals surface area (Å²) in [5.74, 6) is -0.405. The number of pyridine rings is 1. The largest absolute Gasteiger partial charge is 0.464 e. The van der Waals surface area contributed by atoms with Gasteiger partial charge in [-0.05, 0) is 13.0 Å². The number of sulfone groups is 1. The van der Waals surface area contributed by atoms with Gasteiger partial charge in [0.25, 0.3) is 0 Å². The number of ether oxygens (including phenoxy) is 1. The second kappa shape index (κ2) is 6.30. The van der Waals surface area contributed by atoms with Crippen molar-refractivity contribution in [3.63, 3.8) is 0 Å². The molecular weight excluding hydrogens is 370 g/mol. The van der Waals surface area contributed by atoms with E-state index in [4.69, 9.17) is 16.3 Å². The van der Waals surface area contributed by atoms with E-state index in [1.54, 1.807) is 9.30 Å². The third-order valence-electron chi connectivity index (χ3n) is 4.14. The zero-order valence-electron chi connectivity index (χ0n) is 13.7. The number of methoxy groups -OCH3 is 1.